The van der Waals surface area contributed by atoms with Crippen LogP contribution in [0.25, 0.3) is 0 Å². The highest BCUT2D eigenvalue weighted by Gasteiger charge is 2.35. The highest BCUT2D eigenvalue weighted by molar-refractivity contribution is 9.10. The lowest BCUT2D eigenvalue weighted by atomic mass is 10.1. The summed E-state index contributed by atoms with van der Waals surface area (Å²) in [5.41, 5.74) is -0.460. The summed E-state index contributed by atoms with van der Waals surface area (Å²) in [6.07, 6.45) is -2.16. The van der Waals surface area contributed by atoms with Crippen LogP contribution in [0.3, 0.4) is 0 Å². The fraction of sp³-hybridized carbons (Fsp3) is 0.538. The van der Waals surface area contributed by atoms with E-state index in [1.165, 1.54) is 6.07 Å². The molecule has 1 saturated heterocycles. The molecule has 2 rings (SSSR count). The van der Waals surface area contributed by atoms with E-state index in [0.29, 0.717) is 11.0 Å². The Kier molecular flexibility index (Phi) is 4.40. The van der Waals surface area contributed by atoms with E-state index in [-0.39, 0.29) is 10.4 Å². The summed E-state index contributed by atoms with van der Waals surface area (Å²) >= 11 is 4.91. The summed E-state index contributed by atoms with van der Waals surface area (Å²) in [6.45, 7) is 2.66. The maximum atomic E-state index is 13.0. The van der Waals surface area contributed by atoms with Gasteiger partial charge in [0.15, 0.2) is 0 Å². The van der Waals surface area contributed by atoms with Gasteiger partial charge in [-0.3, -0.25) is 0 Å². The summed E-state index contributed by atoms with van der Waals surface area (Å²) in [6, 6.07) is 4.23. The van der Waals surface area contributed by atoms with E-state index >= 15 is 0 Å². The minimum Gasteiger partial charge on any atom is -0.383 e. The quantitative estimate of drug-likeness (QED) is 0.804. The number of rotatable bonds is 3. The van der Waals surface area contributed by atoms with Gasteiger partial charge in [0, 0.05) is 21.5 Å². The van der Waals surface area contributed by atoms with Crippen LogP contribution in [0.1, 0.15) is 25.3 Å². The Balaban J connectivity index is 2.16. The molecule has 19 heavy (non-hydrogen) atoms. The maximum absolute atomic E-state index is 13.0. The van der Waals surface area contributed by atoms with E-state index in [1.807, 2.05) is 11.8 Å². The molecular formula is C13H15BrF3NS. The second kappa shape index (κ2) is 5.56. The molecule has 1 heterocycles. The fourth-order valence-electron chi connectivity index (χ4n) is 2.16. The van der Waals surface area contributed by atoms with E-state index in [9.17, 15) is 13.2 Å². The topological polar surface area (TPSA) is 12.0 Å². The second-order valence-electron chi connectivity index (χ2n) is 4.94. The third-order valence-corrected chi connectivity index (χ3v) is 5.27. The molecule has 0 amide bonds. The molecule has 0 radical (unpaired) electrons. The van der Waals surface area contributed by atoms with Gasteiger partial charge in [-0.25, -0.2) is 0 Å². The van der Waals surface area contributed by atoms with Crippen LogP contribution in [-0.4, -0.2) is 17.0 Å². The lowest BCUT2D eigenvalue weighted by molar-refractivity contribution is -0.137. The van der Waals surface area contributed by atoms with E-state index in [0.717, 1.165) is 24.7 Å². The van der Waals surface area contributed by atoms with Crippen LogP contribution in [-0.2, 0) is 6.18 Å². The van der Waals surface area contributed by atoms with Crippen LogP contribution >= 0.6 is 27.7 Å². The number of hydrogen-bond donors (Lipinski definition) is 1. The number of anilines is 1. The van der Waals surface area contributed by atoms with Gasteiger partial charge in [0.1, 0.15) is 0 Å². The van der Waals surface area contributed by atoms with Crippen LogP contribution in [0.2, 0.25) is 0 Å². The van der Waals surface area contributed by atoms with Crippen LogP contribution in [0.15, 0.2) is 22.7 Å². The third-order valence-electron chi connectivity index (χ3n) is 3.24. The second-order valence-corrected chi connectivity index (χ2v) is 7.54. The Morgan fingerprint density at radius 1 is 1.42 bits per heavy atom. The van der Waals surface area contributed by atoms with Crippen molar-refractivity contribution in [1.29, 1.82) is 0 Å². The monoisotopic (exact) mass is 353 g/mol. The van der Waals surface area contributed by atoms with Crippen molar-refractivity contribution in [2.24, 2.45) is 0 Å². The van der Waals surface area contributed by atoms with Gasteiger partial charge in [-0.15, -0.1) is 0 Å². The molecule has 1 atom stereocenters. The van der Waals surface area contributed by atoms with Crippen molar-refractivity contribution < 1.29 is 13.2 Å². The van der Waals surface area contributed by atoms with Gasteiger partial charge in [0.25, 0.3) is 0 Å². The molecule has 0 bridgehead atoms. The first kappa shape index (κ1) is 15.0. The Labute approximate surface area is 123 Å². The van der Waals surface area contributed by atoms with Crippen LogP contribution in [0, 0.1) is 0 Å². The first-order chi connectivity index (χ1) is 8.80. The molecule has 1 N–H and O–H groups in total. The summed E-state index contributed by atoms with van der Waals surface area (Å²) in [7, 11) is 0. The van der Waals surface area contributed by atoms with Gasteiger partial charge in [-0.1, -0.05) is 15.9 Å². The first-order valence-corrected chi connectivity index (χ1v) is 7.83. The predicted octanol–water partition coefficient (Wildman–Crippen LogP) is 5.17. The molecule has 1 aromatic carbocycles. The third kappa shape index (κ3) is 3.81. The van der Waals surface area contributed by atoms with E-state index in [1.54, 1.807) is 6.07 Å². The molecule has 0 spiro atoms. The minimum atomic E-state index is -4.34. The van der Waals surface area contributed by atoms with Crippen molar-refractivity contribution in [2.75, 3.05) is 17.6 Å². The molecule has 0 aromatic heterocycles. The van der Waals surface area contributed by atoms with Gasteiger partial charge in [0.2, 0.25) is 0 Å². The number of halogens is 4. The normalized spacial score (nSPS) is 23.6. The largest absolute Gasteiger partial charge is 0.418 e. The standard InChI is InChI=1S/C13H15BrF3NS/c1-12(5-2-6-19-12)8-18-11-4-3-9(14)7-10(11)13(15,16)17/h3-4,7,18H,2,5-6,8H2,1H3. The highest BCUT2D eigenvalue weighted by Crippen LogP contribution is 2.40. The number of benzene rings is 1. The van der Waals surface area contributed by atoms with Crippen molar-refractivity contribution in [3.8, 4) is 0 Å². The number of hydrogen-bond acceptors (Lipinski definition) is 2. The zero-order valence-electron chi connectivity index (χ0n) is 10.5. The molecule has 1 fully saturated rings. The molecule has 1 unspecified atom stereocenters. The van der Waals surface area contributed by atoms with Gasteiger partial charge in [-0.2, -0.15) is 24.9 Å². The predicted molar refractivity (Wildman–Crippen MR) is 77.7 cm³/mol. The molecule has 1 aromatic rings. The molecule has 0 saturated carbocycles. The van der Waals surface area contributed by atoms with Crippen LogP contribution < -0.4 is 5.32 Å². The molecule has 0 aliphatic carbocycles. The number of thioether (sulfide) groups is 1. The maximum Gasteiger partial charge on any atom is 0.418 e. The zero-order chi connectivity index (χ0) is 14.1. The number of alkyl halides is 3. The average Bonchev–Trinajstić information content (AvgIpc) is 2.74. The van der Waals surface area contributed by atoms with E-state index in [2.05, 4.69) is 28.2 Å². The lowest BCUT2D eigenvalue weighted by Crippen LogP contribution is -2.28. The minimum absolute atomic E-state index is 0.0376. The zero-order valence-corrected chi connectivity index (χ0v) is 12.9. The first-order valence-electron chi connectivity index (χ1n) is 6.05. The van der Waals surface area contributed by atoms with Crippen molar-refractivity contribution in [3.05, 3.63) is 28.2 Å². The van der Waals surface area contributed by atoms with Crippen LogP contribution in [0.5, 0.6) is 0 Å². The van der Waals surface area contributed by atoms with Crippen molar-refractivity contribution in [1.82, 2.24) is 0 Å². The Hall–Kier alpha value is -0.360. The smallest absolute Gasteiger partial charge is 0.383 e. The Bertz CT molecular complexity index is 456. The highest BCUT2D eigenvalue weighted by atomic mass is 79.9. The Morgan fingerprint density at radius 2 is 2.16 bits per heavy atom. The van der Waals surface area contributed by atoms with Gasteiger partial charge >= 0.3 is 6.18 Å². The SMILES string of the molecule is CC1(CNc2ccc(Br)cc2C(F)(F)F)CCCS1. The van der Waals surface area contributed by atoms with E-state index in [4.69, 9.17) is 0 Å². The molecular weight excluding hydrogens is 339 g/mol. The molecule has 1 aliphatic heterocycles. The lowest BCUT2D eigenvalue weighted by Gasteiger charge is -2.25. The van der Waals surface area contributed by atoms with E-state index < -0.39 is 11.7 Å². The number of nitrogens with one attached hydrogen (secondary N) is 1. The molecule has 1 nitrogen and oxygen atoms in total. The van der Waals surface area contributed by atoms with Gasteiger partial charge in [-0.05, 0) is 43.7 Å². The summed E-state index contributed by atoms with van der Waals surface area (Å²) in [5, 5.41) is 2.97. The molecule has 1 aliphatic rings. The molecule has 106 valence electrons. The van der Waals surface area contributed by atoms with Crippen LogP contribution in [0.4, 0.5) is 18.9 Å². The fourth-order valence-corrected chi connectivity index (χ4v) is 3.77. The van der Waals surface area contributed by atoms with Crippen molar-refractivity contribution >= 4 is 33.4 Å². The van der Waals surface area contributed by atoms with Crippen molar-refractivity contribution in [2.45, 2.75) is 30.7 Å². The average molecular weight is 354 g/mol. The summed E-state index contributed by atoms with van der Waals surface area (Å²) in [4.78, 5) is 0. The Morgan fingerprint density at radius 3 is 2.74 bits per heavy atom. The van der Waals surface area contributed by atoms with Gasteiger partial charge < -0.3 is 5.32 Å². The summed E-state index contributed by atoms with van der Waals surface area (Å²) in [5.74, 6) is 1.09. The summed E-state index contributed by atoms with van der Waals surface area (Å²) < 4.78 is 39.3. The molecule has 6 heteroatoms. The van der Waals surface area contributed by atoms with Gasteiger partial charge in [0.05, 0.1) is 5.56 Å². The van der Waals surface area contributed by atoms with Crippen molar-refractivity contribution in [3.63, 3.8) is 0 Å².